The maximum absolute atomic E-state index is 12.7. The number of amides is 1. The van der Waals surface area contributed by atoms with Gasteiger partial charge in [0.1, 0.15) is 12.0 Å². The van der Waals surface area contributed by atoms with E-state index in [2.05, 4.69) is 27.0 Å². The minimum Gasteiger partial charge on any atom is -0.401 e. The Kier molecular flexibility index (Phi) is 6.81. The highest BCUT2D eigenvalue weighted by atomic mass is 19.3. The Morgan fingerprint density at radius 1 is 1.39 bits per heavy atom. The molecular weight excluding hydrogens is 408 g/mol. The van der Waals surface area contributed by atoms with Gasteiger partial charge in [0.05, 0.1) is 43.3 Å². The maximum Gasteiger partial charge on any atom is 0.338 e. The van der Waals surface area contributed by atoms with E-state index in [0.717, 1.165) is 38.5 Å². The van der Waals surface area contributed by atoms with Crippen molar-refractivity contribution in [3.63, 3.8) is 0 Å². The van der Waals surface area contributed by atoms with Crippen molar-refractivity contribution in [1.82, 2.24) is 9.78 Å². The first-order chi connectivity index (χ1) is 14.8. The SMILES string of the molecule is C=CC(=O)[N+]1(CCC(N)=C2C(N)=NC(Nc3cnn(C(F)F)c3)=NC2N)CCCCC1. The Morgan fingerprint density at radius 2 is 2.10 bits per heavy atom. The van der Waals surface area contributed by atoms with E-state index < -0.39 is 12.7 Å². The lowest BCUT2D eigenvalue weighted by Crippen LogP contribution is -2.55. The summed E-state index contributed by atoms with van der Waals surface area (Å²) in [5.74, 6) is 0.140. The number of guanidine groups is 1. The van der Waals surface area contributed by atoms with Crippen LogP contribution in [0.3, 0.4) is 0 Å². The Labute approximate surface area is 178 Å². The molecule has 2 aliphatic heterocycles. The number of aromatic nitrogens is 2. The monoisotopic (exact) mass is 436 g/mol. The van der Waals surface area contributed by atoms with E-state index in [9.17, 15) is 13.6 Å². The predicted molar refractivity (Wildman–Crippen MR) is 114 cm³/mol. The van der Waals surface area contributed by atoms with Crippen molar-refractivity contribution in [2.45, 2.75) is 38.4 Å². The fourth-order valence-corrected chi connectivity index (χ4v) is 3.94. The van der Waals surface area contributed by atoms with E-state index in [4.69, 9.17) is 17.2 Å². The molecule has 0 spiro atoms. The summed E-state index contributed by atoms with van der Waals surface area (Å²) in [4.78, 5) is 20.9. The number of quaternary nitrogens is 1. The van der Waals surface area contributed by atoms with Crippen molar-refractivity contribution >= 4 is 23.4 Å². The van der Waals surface area contributed by atoms with Crippen LogP contribution in [0.4, 0.5) is 14.5 Å². The van der Waals surface area contributed by atoms with Crippen molar-refractivity contribution in [3.05, 3.63) is 36.3 Å². The lowest BCUT2D eigenvalue weighted by Gasteiger charge is -2.38. The number of anilines is 1. The molecule has 1 saturated heterocycles. The van der Waals surface area contributed by atoms with Crippen LogP contribution in [0.5, 0.6) is 0 Å². The summed E-state index contributed by atoms with van der Waals surface area (Å²) in [5, 5.41) is 6.28. The smallest absolute Gasteiger partial charge is 0.338 e. The topological polar surface area (TPSA) is 150 Å². The van der Waals surface area contributed by atoms with Gasteiger partial charge in [0.25, 0.3) is 0 Å². The molecule has 0 radical (unpaired) electrons. The molecule has 168 valence electrons. The van der Waals surface area contributed by atoms with Gasteiger partial charge in [-0.15, -0.1) is 0 Å². The van der Waals surface area contributed by atoms with Crippen molar-refractivity contribution in [1.29, 1.82) is 0 Å². The predicted octanol–water partition coefficient (Wildman–Crippen LogP) is 1.02. The second-order valence-electron chi connectivity index (χ2n) is 7.61. The van der Waals surface area contributed by atoms with Crippen LogP contribution < -0.4 is 22.5 Å². The number of amidine groups is 1. The lowest BCUT2D eigenvalue weighted by atomic mass is 10.0. The van der Waals surface area contributed by atoms with Gasteiger partial charge >= 0.3 is 12.5 Å². The number of nitrogens with one attached hydrogen (secondary N) is 1. The highest BCUT2D eigenvalue weighted by molar-refractivity contribution is 6.11. The standard InChI is InChI=1S/C19H28F2N9O/c1-2-14(31)30(7-4-3-5-8-30)9-6-13(22)15-16(23)27-19(28-17(15)24)26-12-10-25-29(11-12)18(20)21/h2,10-11,16,18H,1,3-9,22-23H2,(H3,24,26,27,28)/q+1. The number of carbonyl (C=O) groups excluding carboxylic acids is 1. The zero-order chi connectivity index (χ0) is 22.6. The van der Waals surface area contributed by atoms with Gasteiger partial charge in [0.2, 0.25) is 5.96 Å². The molecule has 1 amide bonds. The number of hydrogen-bond acceptors (Lipinski definition) is 8. The molecule has 3 rings (SSSR count). The van der Waals surface area contributed by atoms with E-state index in [1.165, 1.54) is 12.3 Å². The summed E-state index contributed by atoms with van der Waals surface area (Å²) < 4.78 is 26.1. The first-order valence-corrected chi connectivity index (χ1v) is 10.0. The number of nitrogens with two attached hydrogens (primary N) is 3. The van der Waals surface area contributed by atoms with E-state index in [1.54, 1.807) is 0 Å². The molecule has 31 heavy (non-hydrogen) atoms. The number of nitrogens with zero attached hydrogens (tertiary/aromatic N) is 5. The highest BCUT2D eigenvalue weighted by Crippen LogP contribution is 2.23. The van der Waals surface area contributed by atoms with Crippen LogP contribution in [-0.2, 0) is 4.79 Å². The third-order valence-electron chi connectivity index (χ3n) is 5.59. The Balaban J connectivity index is 1.72. The van der Waals surface area contributed by atoms with Crippen LogP contribution in [0.1, 0.15) is 32.2 Å². The Morgan fingerprint density at radius 3 is 2.68 bits per heavy atom. The second kappa shape index (κ2) is 9.35. The minimum atomic E-state index is -2.76. The molecule has 1 fully saturated rings. The van der Waals surface area contributed by atoms with Crippen molar-refractivity contribution in [3.8, 4) is 0 Å². The van der Waals surface area contributed by atoms with Gasteiger partial charge in [-0.1, -0.05) is 6.58 Å². The Bertz CT molecular complexity index is 929. The van der Waals surface area contributed by atoms with Crippen LogP contribution in [0, 0.1) is 0 Å². The van der Waals surface area contributed by atoms with Gasteiger partial charge in [-0.2, -0.15) is 18.9 Å². The van der Waals surface area contributed by atoms with E-state index in [-0.39, 0.29) is 23.4 Å². The first-order valence-electron chi connectivity index (χ1n) is 10.0. The molecule has 0 aliphatic carbocycles. The zero-order valence-electron chi connectivity index (χ0n) is 17.2. The van der Waals surface area contributed by atoms with Gasteiger partial charge in [-0.05, 0) is 19.3 Å². The molecule has 3 heterocycles. The average molecular weight is 436 g/mol. The number of carbonyl (C=O) groups is 1. The average Bonchev–Trinajstić information content (AvgIpc) is 3.20. The molecule has 10 nitrogen and oxygen atoms in total. The molecule has 0 saturated carbocycles. The van der Waals surface area contributed by atoms with Crippen LogP contribution in [0.25, 0.3) is 0 Å². The molecule has 7 N–H and O–H groups in total. The normalized spacial score (nSPS) is 22.5. The van der Waals surface area contributed by atoms with Crippen LogP contribution in [-0.4, -0.2) is 57.8 Å². The number of piperidine rings is 1. The van der Waals surface area contributed by atoms with Gasteiger partial charge in [-0.3, -0.25) is 4.48 Å². The highest BCUT2D eigenvalue weighted by Gasteiger charge is 2.36. The molecule has 1 aromatic heterocycles. The third-order valence-corrected chi connectivity index (χ3v) is 5.59. The fraction of sp³-hybridized carbons (Fsp3) is 0.474. The summed E-state index contributed by atoms with van der Waals surface area (Å²) >= 11 is 0. The molecule has 2 aliphatic rings. The van der Waals surface area contributed by atoms with Crippen LogP contribution in [0.15, 0.2) is 46.3 Å². The quantitative estimate of drug-likeness (QED) is 0.386. The largest absolute Gasteiger partial charge is 0.401 e. The van der Waals surface area contributed by atoms with Crippen LogP contribution in [0.2, 0.25) is 0 Å². The molecule has 0 aromatic carbocycles. The second-order valence-corrected chi connectivity index (χ2v) is 7.61. The molecular formula is C19H28F2N9O+. The van der Waals surface area contributed by atoms with E-state index in [1.807, 2.05) is 0 Å². The van der Waals surface area contributed by atoms with Gasteiger partial charge in [-0.25, -0.2) is 14.5 Å². The van der Waals surface area contributed by atoms with Crippen molar-refractivity contribution in [2.75, 3.05) is 25.0 Å². The zero-order valence-corrected chi connectivity index (χ0v) is 17.2. The number of aliphatic imine (C=N–C) groups is 2. The number of hydrogen-bond donors (Lipinski definition) is 4. The lowest BCUT2D eigenvalue weighted by molar-refractivity contribution is -0.857. The summed E-state index contributed by atoms with van der Waals surface area (Å²) in [7, 11) is 0. The van der Waals surface area contributed by atoms with Gasteiger partial charge in [0.15, 0.2) is 0 Å². The number of rotatable bonds is 6. The minimum absolute atomic E-state index is 0.0130. The molecule has 0 bridgehead atoms. The summed E-state index contributed by atoms with van der Waals surface area (Å²) in [6, 6.07) is 0. The maximum atomic E-state index is 12.7. The van der Waals surface area contributed by atoms with E-state index in [0.29, 0.717) is 33.4 Å². The summed E-state index contributed by atoms with van der Waals surface area (Å²) in [6.07, 6.45) is 6.27. The fourth-order valence-electron chi connectivity index (χ4n) is 3.94. The molecule has 1 atom stereocenters. The van der Waals surface area contributed by atoms with Gasteiger partial charge in [0, 0.05) is 18.2 Å². The Hall–Kier alpha value is -3.12. The summed E-state index contributed by atoms with van der Waals surface area (Å²) in [5.41, 5.74) is 19.6. The number of alkyl halides is 2. The molecule has 1 aromatic rings. The molecule has 12 heteroatoms. The van der Waals surface area contributed by atoms with Crippen molar-refractivity contribution in [2.24, 2.45) is 27.2 Å². The van der Waals surface area contributed by atoms with Crippen molar-refractivity contribution < 1.29 is 18.1 Å². The molecule has 1 unspecified atom stereocenters. The van der Waals surface area contributed by atoms with Crippen LogP contribution >= 0.6 is 0 Å². The summed E-state index contributed by atoms with van der Waals surface area (Å²) in [6.45, 7) is 2.90. The number of halogens is 2. The van der Waals surface area contributed by atoms with E-state index >= 15 is 0 Å². The third kappa shape index (κ3) is 4.97. The van der Waals surface area contributed by atoms with Gasteiger partial charge < -0.3 is 22.5 Å². The number of likely N-dealkylation sites (tertiary alicyclic amines) is 1. The first kappa shape index (κ1) is 22.6.